The molecule has 3 heteroatoms. The minimum absolute atomic E-state index is 0.117. The third kappa shape index (κ3) is 3.15. The van der Waals surface area contributed by atoms with Crippen LogP contribution in [0.5, 0.6) is 0 Å². The van der Waals surface area contributed by atoms with Crippen LogP contribution in [-0.2, 0) is 0 Å². The first kappa shape index (κ1) is 16.5. The molecule has 0 aliphatic carbocycles. The first-order chi connectivity index (χ1) is 10.1. The maximum Gasteiger partial charge on any atom is 0.0643 e. The fourth-order valence-corrected chi connectivity index (χ4v) is 4.19. The van der Waals surface area contributed by atoms with Gasteiger partial charge in [-0.2, -0.15) is 0 Å². The first-order valence-electron chi connectivity index (χ1n) is 8.36. The second-order valence-electron chi connectivity index (χ2n) is 6.53. The molecule has 1 unspecified atom stereocenters. The van der Waals surface area contributed by atoms with Crippen molar-refractivity contribution >= 4 is 0 Å². The molecule has 1 heterocycles. The van der Waals surface area contributed by atoms with Gasteiger partial charge in [0, 0.05) is 5.54 Å². The van der Waals surface area contributed by atoms with Crippen molar-refractivity contribution < 1.29 is 0 Å². The van der Waals surface area contributed by atoms with Gasteiger partial charge in [-0.1, -0.05) is 43.2 Å². The zero-order valence-corrected chi connectivity index (χ0v) is 14.1. The number of nitrogens with one attached hydrogen (secondary N) is 1. The highest BCUT2D eigenvalue weighted by Crippen LogP contribution is 2.39. The molecule has 1 aliphatic heterocycles. The Labute approximate surface area is 129 Å². The summed E-state index contributed by atoms with van der Waals surface area (Å²) in [6.45, 7) is 11.3. The number of hydrogen-bond donors (Lipinski definition) is 2. The van der Waals surface area contributed by atoms with E-state index >= 15 is 0 Å². The molecule has 2 rings (SSSR count). The van der Waals surface area contributed by atoms with E-state index in [1.807, 2.05) is 0 Å². The van der Waals surface area contributed by atoms with E-state index in [1.165, 1.54) is 42.6 Å². The van der Waals surface area contributed by atoms with Crippen molar-refractivity contribution in [3.05, 3.63) is 34.9 Å². The van der Waals surface area contributed by atoms with Crippen LogP contribution < -0.4 is 11.3 Å². The van der Waals surface area contributed by atoms with Crippen LogP contribution in [0.3, 0.4) is 0 Å². The quantitative estimate of drug-likeness (QED) is 0.622. The van der Waals surface area contributed by atoms with E-state index < -0.39 is 0 Å². The standard InChI is InChI=1S/C18H31N3/c1-5-18(6-2,21-9-7-8-10-21)17(20-19)16-12-14(3)11-15(4)13-16/h11-13,17,20H,5-10,19H2,1-4H3. The van der Waals surface area contributed by atoms with Gasteiger partial charge < -0.3 is 0 Å². The van der Waals surface area contributed by atoms with E-state index in [2.05, 4.69) is 56.2 Å². The lowest BCUT2D eigenvalue weighted by molar-refractivity contribution is 0.0616. The Morgan fingerprint density at radius 1 is 1.10 bits per heavy atom. The monoisotopic (exact) mass is 289 g/mol. The number of likely N-dealkylation sites (tertiary alicyclic amines) is 1. The topological polar surface area (TPSA) is 41.3 Å². The molecule has 1 aromatic carbocycles. The maximum atomic E-state index is 6.03. The van der Waals surface area contributed by atoms with Crippen molar-refractivity contribution in [3.8, 4) is 0 Å². The van der Waals surface area contributed by atoms with E-state index in [0.717, 1.165) is 12.8 Å². The van der Waals surface area contributed by atoms with Gasteiger partial charge in [0.05, 0.1) is 6.04 Å². The molecular formula is C18H31N3. The highest BCUT2D eigenvalue weighted by Gasteiger charge is 2.42. The average Bonchev–Trinajstić information content (AvgIpc) is 2.98. The second-order valence-corrected chi connectivity index (χ2v) is 6.53. The Hall–Kier alpha value is -0.900. The summed E-state index contributed by atoms with van der Waals surface area (Å²) in [4.78, 5) is 2.66. The number of rotatable bonds is 6. The van der Waals surface area contributed by atoms with Crippen LogP contribution in [-0.4, -0.2) is 23.5 Å². The highest BCUT2D eigenvalue weighted by atomic mass is 15.3. The molecule has 3 N–H and O–H groups in total. The van der Waals surface area contributed by atoms with Gasteiger partial charge in [-0.05, 0) is 58.2 Å². The van der Waals surface area contributed by atoms with Gasteiger partial charge in [0.1, 0.15) is 0 Å². The van der Waals surface area contributed by atoms with E-state index in [-0.39, 0.29) is 11.6 Å². The van der Waals surface area contributed by atoms with E-state index in [1.54, 1.807) is 0 Å². The summed E-state index contributed by atoms with van der Waals surface area (Å²) < 4.78 is 0. The maximum absolute atomic E-state index is 6.03. The summed E-state index contributed by atoms with van der Waals surface area (Å²) in [6.07, 6.45) is 4.86. The number of hydrogen-bond acceptors (Lipinski definition) is 3. The summed E-state index contributed by atoms with van der Waals surface area (Å²) in [5, 5.41) is 0. The Balaban J connectivity index is 2.43. The lowest BCUT2D eigenvalue weighted by Crippen LogP contribution is -2.56. The number of aryl methyl sites for hydroxylation is 2. The lowest BCUT2D eigenvalue weighted by atomic mass is 9.79. The van der Waals surface area contributed by atoms with Gasteiger partial charge in [-0.3, -0.25) is 16.2 Å². The number of benzene rings is 1. The molecule has 1 fully saturated rings. The largest absolute Gasteiger partial charge is 0.296 e. The molecule has 1 aromatic rings. The van der Waals surface area contributed by atoms with Crippen LogP contribution in [0, 0.1) is 13.8 Å². The SMILES string of the molecule is CCC(CC)(C(NN)c1cc(C)cc(C)c1)N1CCCC1. The van der Waals surface area contributed by atoms with Crippen LogP contribution in [0.25, 0.3) is 0 Å². The molecule has 0 bridgehead atoms. The molecule has 0 spiro atoms. The molecule has 1 atom stereocenters. The van der Waals surface area contributed by atoms with Crippen molar-refractivity contribution in [3.63, 3.8) is 0 Å². The Morgan fingerprint density at radius 2 is 1.62 bits per heavy atom. The van der Waals surface area contributed by atoms with Gasteiger partial charge in [0.15, 0.2) is 0 Å². The third-order valence-corrected chi connectivity index (χ3v) is 5.24. The predicted octanol–water partition coefficient (Wildman–Crippen LogP) is 3.46. The fourth-order valence-electron chi connectivity index (χ4n) is 4.19. The van der Waals surface area contributed by atoms with Gasteiger partial charge in [-0.25, -0.2) is 0 Å². The van der Waals surface area contributed by atoms with Crippen LogP contribution in [0.15, 0.2) is 18.2 Å². The van der Waals surface area contributed by atoms with Crippen LogP contribution in [0.2, 0.25) is 0 Å². The second kappa shape index (κ2) is 6.91. The van der Waals surface area contributed by atoms with Gasteiger partial charge in [-0.15, -0.1) is 0 Å². The Morgan fingerprint density at radius 3 is 2.05 bits per heavy atom. The molecular weight excluding hydrogens is 258 g/mol. The minimum atomic E-state index is 0.117. The molecule has 0 amide bonds. The molecule has 0 saturated carbocycles. The van der Waals surface area contributed by atoms with E-state index in [0.29, 0.717) is 0 Å². The summed E-state index contributed by atoms with van der Waals surface area (Å²) >= 11 is 0. The van der Waals surface area contributed by atoms with Crippen molar-refractivity contribution in [1.29, 1.82) is 0 Å². The van der Waals surface area contributed by atoms with E-state index in [4.69, 9.17) is 5.84 Å². The predicted molar refractivity (Wildman–Crippen MR) is 90.1 cm³/mol. The van der Waals surface area contributed by atoms with Crippen LogP contribution >= 0.6 is 0 Å². The summed E-state index contributed by atoms with van der Waals surface area (Å²) in [5.74, 6) is 6.03. The molecule has 1 aliphatic rings. The normalized spacial score (nSPS) is 18.1. The molecule has 118 valence electrons. The zero-order valence-electron chi connectivity index (χ0n) is 14.1. The summed E-state index contributed by atoms with van der Waals surface area (Å²) in [5.41, 5.74) is 7.22. The summed E-state index contributed by atoms with van der Waals surface area (Å²) in [7, 11) is 0. The lowest BCUT2D eigenvalue weighted by Gasteiger charge is -2.47. The fraction of sp³-hybridized carbons (Fsp3) is 0.667. The molecule has 0 aromatic heterocycles. The molecule has 0 radical (unpaired) electrons. The Bertz CT molecular complexity index is 439. The van der Waals surface area contributed by atoms with Gasteiger partial charge in [0.25, 0.3) is 0 Å². The Kier molecular flexibility index (Phi) is 5.42. The minimum Gasteiger partial charge on any atom is -0.296 e. The van der Waals surface area contributed by atoms with Gasteiger partial charge in [0.2, 0.25) is 0 Å². The molecule has 21 heavy (non-hydrogen) atoms. The molecule has 1 saturated heterocycles. The third-order valence-electron chi connectivity index (χ3n) is 5.24. The van der Waals surface area contributed by atoms with Gasteiger partial charge >= 0.3 is 0 Å². The van der Waals surface area contributed by atoms with Crippen molar-refractivity contribution in [2.24, 2.45) is 5.84 Å². The smallest absolute Gasteiger partial charge is 0.0643 e. The summed E-state index contributed by atoms with van der Waals surface area (Å²) in [6, 6.07) is 6.98. The van der Waals surface area contributed by atoms with E-state index in [9.17, 15) is 0 Å². The van der Waals surface area contributed by atoms with Crippen LogP contribution in [0.4, 0.5) is 0 Å². The van der Waals surface area contributed by atoms with Crippen molar-refractivity contribution in [1.82, 2.24) is 10.3 Å². The zero-order chi connectivity index (χ0) is 15.5. The number of nitrogens with two attached hydrogens (primary N) is 1. The number of hydrazine groups is 1. The average molecular weight is 289 g/mol. The number of nitrogens with zero attached hydrogens (tertiary/aromatic N) is 1. The van der Waals surface area contributed by atoms with Crippen LogP contribution in [0.1, 0.15) is 62.3 Å². The van der Waals surface area contributed by atoms with Crippen molar-refractivity contribution in [2.75, 3.05) is 13.1 Å². The first-order valence-corrected chi connectivity index (χ1v) is 8.36. The molecule has 3 nitrogen and oxygen atoms in total. The van der Waals surface area contributed by atoms with Crippen molar-refractivity contribution in [2.45, 2.75) is 65.0 Å². The highest BCUT2D eigenvalue weighted by molar-refractivity contribution is 5.33.